The summed E-state index contributed by atoms with van der Waals surface area (Å²) < 4.78 is 0. The molecule has 0 aliphatic heterocycles. The van der Waals surface area contributed by atoms with Gasteiger partial charge in [0.1, 0.15) is 10.7 Å². The molecule has 0 bridgehead atoms. The third-order valence-corrected chi connectivity index (χ3v) is 2.54. The van der Waals surface area contributed by atoms with E-state index in [0.29, 0.717) is 0 Å². The number of hydrogen-bond donors (Lipinski definition) is 2. The molecule has 0 aromatic carbocycles. The zero-order valence-corrected chi connectivity index (χ0v) is 10.6. The van der Waals surface area contributed by atoms with Crippen molar-refractivity contribution in [3.63, 3.8) is 0 Å². The molecule has 0 unspecified atom stereocenters. The van der Waals surface area contributed by atoms with Gasteiger partial charge in [-0.2, -0.15) is 0 Å². The predicted octanol–water partition coefficient (Wildman–Crippen LogP) is 1.98. The number of hydrogen-bond acceptors (Lipinski definition) is 3. The Morgan fingerprint density at radius 3 is 2.53 bits per heavy atom. The second-order valence-corrected chi connectivity index (χ2v) is 4.67. The Balaban J connectivity index is 2.98. The molecule has 0 aliphatic rings. The van der Waals surface area contributed by atoms with Crippen molar-refractivity contribution in [2.45, 2.75) is 19.4 Å². The molecule has 1 amide bonds. The highest BCUT2D eigenvalue weighted by atomic mass is 35.5. The minimum atomic E-state index is -1.39. The summed E-state index contributed by atoms with van der Waals surface area (Å²) in [6.07, 6.45) is 1.23. The van der Waals surface area contributed by atoms with Gasteiger partial charge < -0.3 is 10.4 Å². The molecule has 1 aromatic rings. The molecule has 5 nitrogen and oxygen atoms in total. The lowest BCUT2D eigenvalue weighted by atomic mass is 10.1. The van der Waals surface area contributed by atoms with Gasteiger partial charge in [0.25, 0.3) is 5.91 Å². The van der Waals surface area contributed by atoms with E-state index in [4.69, 9.17) is 28.3 Å². The second kappa shape index (κ2) is 4.89. The van der Waals surface area contributed by atoms with Crippen molar-refractivity contribution in [2.24, 2.45) is 0 Å². The summed E-state index contributed by atoms with van der Waals surface area (Å²) in [6, 6.07) is 1.27. The number of rotatable bonds is 3. The summed E-state index contributed by atoms with van der Waals surface area (Å²) in [5.41, 5.74) is -1.31. The van der Waals surface area contributed by atoms with Crippen LogP contribution in [-0.2, 0) is 4.79 Å². The summed E-state index contributed by atoms with van der Waals surface area (Å²) in [4.78, 5) is 26.3. The number of halogens is 2. The monoisotopic (exact) mass is 276 g/mol. The Bertz CT molecular complexity index is 475. The zero-order chi connectivity index (χ0) is 13.2. The number of nitrogens with one attached hydrogen (secondary N) is 1. The first kappa shape index (κ1) is 13.7. The van der Waals surface area contributed by atoms with Crippen LogP contribution in [0.1, 0.15) is 24.2 Å². The third kappa shape index (κ3) is 3.31. The average molecular weight is 277 g/mol. The molecular weight excluding hydrogens is 267 g/mol. The van der Waals surface area contributed by atoms with Crippen molar-refractivity contribution in [3.05, 3.63) is 28.0 Å². The van der Waals surface area contributed by atoms with E-state index in [0.717, 1.165) is 0 Å². The fourth-order valence-electron chi connectivity index (χ4n) is 0.992. The first-order valence-electron chi connectivity index (χ1n) is 4.61. The van der Waals surface area contributed by atoms with Gasteiger partial charge in [-0.05, 0) is 19.9 Å². The molecule has 0 atom stereocenters. The molecule has 0 saturated heterocycles. The van der Waals surface area contributed by atoms with Crippen LogP contribution < -0.4 is 5.32 Å². The van der Waals surface area contributed by atoms with Gasteiger partial charge in [-0.1, -0.05) is 23.2 Å². The lowest BCUT2D eigenvalue weighted by Crippen LogP contribution is -2.49. The van der Waals surface area contributed by atoms with Crippen molar-refractivity contribution < 1.29 is 14.7 Å². The van der Waals surface area contributed by atoms with Crippen LogP contribution in [0.2, 0.25) is 10.2 Å². The quantitative estimate of drug-likeness (QED) is 0.828. The molecule has 7 heteroatoms. The maximum absolute atomic E-state index is 11.8. The molecule has 0 saturated carbocycles. The molecule has 0 fully saturated rings. The molecule has 0 aliphatic carbocycles. The van der Waals surface area contributed by atoms with E-state index in [1.54, 1.807) is 0 Å². The Hall–Kier alpha value is -1.33. The smallest absolute Gasteiger partial charge is 0.328 e. The van der Waals surface area contributed by atoms with Crippen LogP contribution in [0.3, 0.4) is 0 Å². The highest BCUT2D eigenvalue weighted by Crippen LogP contribution is 2.18. The highest BCUT2D eigenvalue weighted by Gasteiger charge is 2.30. The number of carboxylic acids is 1. The molecule has 92 valence electrons. The minimum Gasteiger partial charge on any atom is -0.480 e. The Labute approximate surface area is 108 Å². The normalized spacial score (nSPS) is 11.1. The Morgan fingerprint density at radius 2 is 2.00 bits per heavy atom. The van der Waals surface area contributed by atoms with Gasteiger partial charge >= 0.3 is 5.97 Å². The molecular formula is C10H10Cl2N2O3. The summed E-state index contributed by atoms with van der Waals surface area (Å²) >= 11 is 11.4. The predicted molar refractivity (Wildman–Crippen MR) is 63.4 cm³/mol. The van der Waals surface area contributed by atoms with E-state index in [2.05, 4.69) is 10.3 Å². The van der Waals surface area contributed by atoms with Gasteiger partial charge in [-0.15, -0.1) is 0 Å². The van der Waals surface area contributed by atoms with Crippen molar-refractivity contribution in [3.8, 4) is 0 Å². The van der Waals surface area contributed by atoms with Gasteiger partial charge in [0.05, 0.1) is 10.6 Å². The average Bonchev–Trinajstić information content (AvgIpc) is 2.20. The summed E-state index contributed by atoms with van der Waals surface area (Å²) in [6.45, 7) is 2.73. The largest absolute Gasteiger partial charge is 0.480 e. The van der Waals surface area contributed by atoms with Gasteiger partial charge in [-0.3, -0.25) is 4.79 Å². The fraction of sp³-hybridized carbons (Fsp3) is 0.300. The van der Waals surface area contributed by atoms with Crippen molar-refractivity contribution in [2.75, 3.05) is 0 Å². The van der Waals surface area contributed by atoms with Gasteiger partial charge in [0.15, 0.2) is 0 Å². The highest BCUT2D eigenvalue weighted by molar-refractivity contribution is 6.35. The van der Waals surface area contributed by atoms with Crippen LogP contribution in [0.15, 0.2) is 12.3 Å². The van der Waals surface area contributed by atoms with Crippen LogP contribution >= 0.6 is 23.2 Å². The van der Waals surface area contributed by atoms with Gasteiger partial charge in [0.2, 0.25) is 0 Å². The van der Waals surface area contributed by atoms with Crippen molar-refractivity contribution >= 4 is 35.1 Å². The Kier molecular flexibility index (Phi) is 3.95. The zero-order valence-electron chi connectivity index (χ0n) is 9.12. The molecule has 0 spiro atoms. The fourth-order valence-corrected chi connectivity index (χ4v) is 1.34. The first-order chi connectivity index (χ1) is 7.74. The number of nitrogens with zero attached hydrogens (tertiary/aromatic N) is 1. The van der Waals surface area contributed by atoms with Crippen molar-refractivity contribution in [1.29, 1.82) is 0 Å². The molecule has 2 N–H and O–H groups in total. The molecule has 1 rings (SSSR count). The first-order valence-corrected chi connectivity index (χ1v) is 5.36. The van der Waals surface area contributed by atoms with E-state index in [-0.39, 0.29) is 15.7 Å². The maximum atomic E-state index is 11.8. The maximum Gasteiger partial charge on any atom is 0.328 e. The van der Waals surface area contributed by atoms with E-state index in [1.807, 2.05) is 0 Å². The number of aliphatic carboxylic acids is 1. The van der Waals surface area contributed by atoms with Crippen molar-refractivity contribution in [1.82, 2.24) is 10.3 Å². The minimum absolute atomic E-state index is 0.0843. The van der Waals surface area contributed by atoms with Gasteiger partial charge in [-0.25, -0.2) is 9.78 Å². The summed E-state index contributed by atoms with van der Waals surface area (Å²) in [5.74, 6) is -1.77. The van der Waals surface area contributed by atoms with E-state index >= 15 is 0 Å². The van der Waals surface area contributed by atoms with Crippen LogP contribution in [0.4, 0.5) is 0 Å². The van der Waals surface area contributed by atoms with Gasteiger partial charge in [0, 0.05) is 6.20 Å². The van der Waals surface area contributed by atoms with E-state index in [9.17, 15) is 9.59 Å². The second-order valence-electron chi connectivity index (χ2n) is 3.87. The molecule has 1 heterocycles. The standard InChI is InChI=1S/C10H10Cl2N2O3/c1-10(2,9(16)17)14-8(15)5-3-7(12)13-4-6(5)11/h3-4H,1-2H3,(H,14,15)(H,16,17). The lowest BCUT2D eigenvalue weighted by Gasteiger charge is -2.21. The Morgan fingerprint density at radius 1 is 1.41 bits per heavy atom. The third-order valence-electron chi connectivity index (χ3n) is 2.03. The SMILES string of the molecule is CC(C)(NC(=O)c1cc(Cl)ncc1Cl)C(=O)O. The number of carbonyl (C=O) groups is 2. The topological polar surface area (TPSA) is 79.3 Å². The number of amides is 1. The lowest BCUT2D eigenvalue weighted by molar-refractivity contribution is -0.143. The van der Waals surface area contributed by atoms with Crippen LogP contribution in [-0.4, -0.2) is 27.5 Å². The molecule has 0 radical (unpaired) electrons. The van der Waals surface area contributed by atoms with Crippen LogP contribution in [0.5, 0.6) is 0 Å². The van der Waals surface area contributed by atoms with E-state index < -0.39 is 17.4 Å². The number of pyridine rings is 1. The molecule has 1 aromatic heterocycles. The molecule has 17 heavy (non-hydrogen) atoms. The summed E-state index contributed by atoms with van der Waals surface area (Å²) in [7, 11) is 0. The van der Waals surface area contributed by atoms with Crippen LogP contribution in [0, 0.1) is 0 Å². The number of carboxylic acid groups (broad SMARTS) is 1. The number of carbonyl (C=O) groups excluding carboxylic acids is 1. The van der Waals surface area contributed by atoms with Crippen LogP contribution in [0.25, 0.3) is 0 Å². The summed E-state index contributed by atoms with van der Waals surface area (Å²) in [5, 5.41) is 11.4. The van der Waals surface area contributed by atoms with E-state index in [1.165, 1.54) is 26.1 Å². The number of aromatic nitrogens is 1.